The van der Waals surface area contributed by atoms with Crippen LogP contribution in [0.3, 0.4) is 0 Å². The van der Waals surface area contributed by atoms with E-state index in [1.165, 1.54) is 18.7 Å². The first kappa shape index (κ1) is 19.2. The summed E-state index contributed by atoms with van der Waals surface area (Å²) in [5.74, 6) is -0.685. The van der Waals surface area contributed by atoms with Crippen LogP contribution in [0.15, 0.2) is 48.5 Å². The Bertz CT molecular complexity index is 813. The molecule has 0 radical (unpaired) electrons. The molecule has 2 amide bonds. The van der Waals surface area contributed by atoms with Gasteiger partial charge in [0.25, 0.3) is 0 Å². The van der Waals surface area contributed by atoms with Crippen LogP contribution in [0.2, 0.25) is 0 Å². The zero-order chi connectivity index (χ0) is 19.3. The van der Waals surface area contributed by atoms with Crippen molar-refractivity contribution in [1.82, 2.24) is 0 Å². The Balaban J connectivity index is 2.12. The number of benzene rings is 2. The Labute approximate surface area is 153 Å². The first-order valence-electron chi connectivity index (χ1n) is 8.24. The van der Waals surface area contributed by atoms with Crippen LogP contribution in [0.25, 0.3) is 0 Å². The van der Waals surface area contributed by atoms with Gasteiger partial charge in [-0.2, -0.15) is 0 Å². The molecule has 0 fully saturated rings. The lowest BCUT2D eigenvalue weighted by Gasteiger charge is -2.21. The van der Waals surface area contributed by atoms with Crippen molar-refractivity contribution in [2.45, 2.75) is 13.8 Å². The number of Topliss-reactive ketones (excluding diaryl/α,β-unsaturated/α-hetero) is 1. The van der Waals surface area contributed by atoms with E-state index in [9.17, 15) is 14.4 Å². The highest BCUT2D eigenvalue weighted by Crippen LogP contribution is 2.18. The summed E-state index contributed by atoms with van der Waals surface area (Å²) in [4.78, 5) is 39.2. The van der Waals surface area contributed by atoms with Crippen molar-refractivity contribution in [3.8, 4) is 0 Å². The molecule has 0 atom stereocenters. The van der Waals surface area contributed by atoms with Gasteiger partial charge in [-0.05, 0) is 43.3 Å². The fourth-order valence-electron chi connectivity index (χ4n) is 2.46. The highest BCUT2D eigenvalue weighted by molar-refractivity contribution is 6.03. The first-order chi connectivity index (χ1) is 12.3. The quantitative estimate of drug-likeness (QED) is 0.811. The van der Waals surface area contributed by atoms with Crippen molar-refractivity contribution >= 4 is 34.7 Å². The number of carbonyl (C=O) groups is 3. The lowest BCUT2D eigenvalue weighted by molar-refractivity contribution is -0.120. The van der Waals surface area contributed by atoms with Crippen LogP contribution in [0, 0.1) is 0 Å². The van der Waals surface area contributed by atoms with E-state index >= 15 is 0 Å². The minimum Gasteiger partial charge on any atom is -0.378 e. The van der Waals surface area contributed by atoms with Gasteiger partial charge < -0.3 is 15.1 Å². The van der Waals surface area contributed by atoms with Crippen LogP contribution in [0.4, 0.5) is 17.1 Å². The largest absolute Gasteiger partial charge is 0.378 e. The third-order valence-corrected chi connectivity index (χ3v) is 3.91. The van der Waals surface area contributed by atoms with Crippen molar-refractivity contribution < 1.29 is 14.4 Å². The zero-order valence-corrected chi connectivity index (χ0v) is 15.4. The summed E-state index contributed by atoms with van der Waals surface area (Å²) in [7, 11) is 3.88. The Morgan fingerprint density at radius 3 is 2.12 bits per heavy atom. The molecule has 0 aromatic heterocycles. The number of carbonyl (C=O) groups excluding carboxylic acids is 3. The van der Waals surface area contributed by atoms with Crippen LogP contribution in [0.1, 0.15) is 24.2 Å². The molecule has 136 valence electrons. The molecule has 26 heavy (non-hydrogen) atoms. The first-order valence-corrected chi connectivity index (χ1v) is 8.24. The van der Waals surface area contributed by atoms with E-state index in [1.807, 2.05) is 43.3 Å². The van der Waals surface area contributed by atoms with E-state index in [2.05, 4.69) is 5.32 Å². The summed E-state index contributed by atoms with van der Waals surface area (Å²) >= 11 is 0. The average Bonchev–Trinajstić information content (AvgIpc) is 2.60. The summed E-state index contributed by atoms with van der Waals surface area (Å²) < 4.78 is 0. The third kappa shape index (κ3) is 4.92. The van der Waals surface area contributed by atoms with Gasteiger partial charge in [-0.15, -0.1) is 0 Å². The monoisotopic (exact) mass is 353 g/mol. The molecule has 0 aliphatic rings. The highest BCUT2D eigenvalue weighted by atomic mass is 16.2. The SMILES string of the molecule is CC(=O)c1cccc(N(CC(=O)Nc2ccc(N(C)C)cc2)C(C)=O)c1. The average molecular weight is 353 g/mol. The van der Waals surface area contributed by atoms with Crippen molar-refractivity contribution in [3.05, 3.63) is 54.1 Å². The van der Waals surface area contributed by atoms with Gasteiger partial charge in [0.05, 0.1) is 0 Å². The molecule has 2 rings (SSSR count). The molecule has 0 saturated carbocycles. The number of nitrogens with one attached hydrogen (secondary N) is 1. The van der Waals surface area contributed by atoms with Crippen LogP contribution in [-0.2, 0) is 9.59 Å². The number of amides is 2. The number of ketones is 1. The van der Waals surface area contributed by atoms with E-state index in [4.69, 9.17) is 0 Å². The van der Waals surface area contributed by atoms with Crippen LogP contribution in [0.5, 0.6) is 0 Å². The van der Waals surface area contributed by atoms with Gasteiger partial charge >= 0.3 is 0 Å². The Hall–Kier alpha value is -3.15. The normalized spacial score (nSPS) is 10.2. The second kappa shape index (κ2) is 8.29. The summed E-state index contributed by atoms with van der Waals surface area (Å²) in [5, 5.41) is 2.78. The van der Waals surface area contributed by atoms with Gasteiger partial charge in [-0.1, -0.05) is 12.1 Å². The van der Waals surface area contributed by atoms with Crippen molar-refractivity contribution in [2.24, 2.45) is 0 Å². The van der Waals surface area contributed by atoms with Gasteiger partial charge in [0.15, 0.2) is 5.78 Å². The maximum absolute atomic E-state index is 12.4. The van der Waals surface area contributed by atoms with Crippen molar-refractivity contribution in [2.75, 3.05) is 35.8 Å². The molecule has 2 aromatic carbocycles. The van der Waals surface area contributed by atoms with Gasteiger partial charge in [0.2, 0.25) is 11.8 Å². The standard InChI is InChI=1S/C20H23N3O3/c1-14(24)16-6-5-7-19(12-16)23(15(2)25)13-20(26)21-17-8-10-18(11-9-17)22(3)4/h5-12H,13H2,1-4H3,(H,21,26). The third-order valence-electron chi connectivity index (χ3n) is 3.91. The summed E-state index contributed by atoms with van der Waals surface area (Å²) in [6.07, 6.45) is 0. The second-order valence-electron chi connectivity index (χ2n) is 6.20. The van der Waals surface area contributed by atoms with Gasteiger partial charge in [0.1, 0.15) is 6.54 Å². The predicted molar refractivity (Wildman–Crippen MR) is 104 cm³/mol. The fraction of sp³-hybridized carbons (Fsp3) is 0.250. The lowest BCUT2D eigenvalue weighted by atomic mass is 10.1. The van der Waals surface area contributed by atoms with Crippen LogP contribution < -0.4 is 15.1 Å². The van der Waals surface area contributed by atoms with E-state index in [0.717, 1.165) is 5.69 Å². The summed E-state index contributed by atoms with van der Waals surface area (Å²) in [5.41, 5.74) is 2.69. The minimum atomic E-state index is -0.314. The fourth-order valence-corrected chi connectivity index (χ4v) is 2.46. The molecule has 0 spiro atoms. The maximum atomic E-state index is 12.4. The van der Waals surface area contributed by atoms with Gasteiger partial charge in [-0.25, -0.2) is 0 Å². The topological polar surface area (TPSA) is 69.7 Å². The number of hydrogen-bond donors (Lipinski definition) is 1. The van der Waals surface area contributed by atoms with Gasteiger partial charge in [0, 0.05) is 43.6 Å². The molecule has 0 saturated heterocycles. The van der Waals surface area contributed by atoms with E-state index in [1.54, 1.807) is 24.3 Å². The van der Waals surface area contributed by atoms with E-state index < -0.39 is 0 Å². The molecule has 1 N–H and O–H groups in total. The molecule has 0 aliphatic heterocycles. The predicted octanol–water partition coefficient (Wildman–Crippen LogP) is 2.95. The Kier molecular flexibility index (Phi) is 6.11. The molecular weight excluding hydrogens is 330 g/mol. The summed E-state index contributed by atoms with van der Waals surface area (Å²) in [6, 6.07) is 14.1. The molecule has 6 heteroatoms. The smallest absolute Gasteiger partial charge is 0.244 e. The molecule has 2 aromatic rings. The number of nitrogens with zero attached hydrogens (tertiary/aromatic N) is 2. The van der Waals surface area contributed by atoms with Crippen LogP contribution in [-0.4, -0.2) is 38.2 Å². The lowest BCUT2D eigenvalue weighted by Crippen LogP contribution is -2.36. The molecule has 6 nitrogen and oxygen atoms in total. The molecule has 0 aliphatic carbocycles. The molecular formula is C20H23N3O3. The molecule has 0 heterocycles. The Morgan fingerprint density at radius 2 is 1.58 bits per heavy atom. The maximum Gasteiger partial charge on any atom is 0.244 e. The van der Waals surface area contributed by atoms with Crippen LogP contribution >= 0.6 is 0 Å². The number of anilines is 3. The molecule has 0 bridgehead atoms. The highest BCUT2D eigenvalue weighted by Gasteiger charge is 2.17. The van der Waals surface area contributed by atoms with Crippen molar-refractivity contribution in [1.29, 1.82) is 0 Å². The van der Waals surface area contributed by atoms with Crippen molar-refractivity contribution in [3.63, 3.8) is 0 Å². The minimum absolute atomic E-state index is 0.0965. The summed E-state index contributed by atoms with van der Waals surface area (Å²) in [6.45, 7) is 2.72. The van der Waals surface area contributed by atoms with E-state index in [-0.39, 0.29) is 24.1 Å². The number of rotatable bonds is 6. The second-order valence-corrected chi connectivity index (χ2v) is 6.20. The zero-order valence-electron chi connectivity index (χ0n) is 15.4. The van der Waals surface area contributed by atoms with Gasteiger partial charge in [-0.3, -0.25) is 14.4 Å². The number of hydrogen-bond acceptors (Lipinski definition) is 4. The Morgan fingerprint density at radius 1 is 0.923 bits per heavy atom. The van der Waals surface area contributed by atoms with E-state index in [0.29, 0.717) is 16.9 Å². The molecule has 0 unspecified atom stereocenters.